The zero-order valence-corrected chi connectivity index (χ0v) is 12.6. The van der Waals surface area contributed by atoms with Crippen LogP contribution < -0.4 is 0 Å². The van der Waals surface area contributed by atoms with Crippen molar-refractivity contribution in [3.05, 3.63) is 23.8 Å². The molecule has 0 aliphatic heterocycles. The third kappa shape index (κ3) is 2.57. The second-order valence-corrected chi connectivity index (χ2v) is 6.12. The highest BCUT2D eigenvalue weighted by molar-refractivity contribution is 7.61. The standard InChI is InChI=1S/C13H14F3NO4S/c1-12(11(18)21-2,13(14,15)16)10(17-22(19)20)9-6-7-3-4-8(9)5-7/h3-4,6-8,10H,5H2,1-2H3. The van der Waals surface area contributed by atoms with Crippen molar-refractivity contribution in [1.82, 2.24) is 0 Å². The summed E-state index contributed by atoms with van der Waals surface area (Å²) in [4.78, 5) is 11.8. The van der Waals surface area contributed by atoms with Crippen molar-refractivity contribution in [1.29, 1.82) is 0 Å². The lowest BCUT2D eigenvalue weighted by Crippen LogP contribution is -2.52. The molecular formula is C13H14F3NO4S. The summed E-state index contributed by atoms with van der Waals surface area (Å²) in [6.45, 7) is 0.621. The first-order chi connectivity index (χ1) is 10.1. The second-order valence-electron chi connectivity index (χ2n) is 5.47. The number of ether oxygens (including phenoxy) is 1. The van der Waals surface area contributed by atoms with Gasteiger partial charge in [-0.3, -0.25) is 4.79 Å². The molecule has 0 saturated heterocycles. The van der Waals surface area contributed by atoms with Crippen LogP contribution in [-0.4, -0.2) is 33.7 Å². The molecule has 5 nitrogen and oxygen atoms in total. The van der Waals surface area contributed by atoms with Gasteiger partial charge in [0.05, 0.1) is 7.11 Å². The molecule has 9 heteroatoms. The van der Waals surface area contributed by atoms with E-state index >= 15 is 0 Å². The van der Waals surface area contributed by atoms with Crippen LogP contribution in [0.15, 0.2) is 28.2 Å². The monoisotopic (exact) mass is 337 g/mol. The van der Waals surface area contributed by atoms with E-state index in [4.69, 9.17) is 0 Å². The van der Waals surface area contributed by atoms with Crippen LogP contribution in [0.5, 0.6) is 0 Å². The van der Waals surface area contributed by atoms with Gasteiger partial charge in [-0.25, -0.2) is 0 Å². The van der Waals surface area contributed by atoms with Crippen LogP contribution >= 0.6 is 0 Å². The van der Waals surface area contributed by atoms with Crippen molar-refractivity contribution in [2.45, 2.75) is 25.6 Å². The molecular weight excluding hydrogens is 323 g/mol. The molecule has 0 N–H and O–H groups in total. The summed E-state index contributed by atoms with van der Waals surface area (Å²) in [5.41, 5.74) is -2.87. The first-order valence-electron chi connectivity index (χ1n) is 6.46. The van der Waals surface area contributed by atoms with Crippen molar-refractivity contribution < 1.29 is 31.1 Å². The predicted molar refractivity (Wildman–Crippen MR) is 70.1 cm³/mol. The Hall–Kier alpha value is -1.64. The molecule has 0 heterocycles. The number of fused-ring (bicyclic) bond motifs is 2. The van der Waals surface area contributed by atoms with Crippen LogP contribution in [0.1, 0.15) is 13.3 Å². The zero-order valence-electron chi connectivity index (χ0n) is 11.8. The summed E-state index contributed by atoms with van der Waals surface area (Å²) >= 11 is 0. The maximum absolute atomic E-state index is 13.5. The summed E-state index contributed by atoms with van der Waals surface area (Å²) in [6.07, 6.45) is 0.660. The highest BCUT2D eigenvalue weighted by Crippen LogP contribution is 2.50. The lowest BCUT2D eigenvalue weighted by Gasteiger charge is -2.35. The van der Waals surface area contributed by atoms with E-state index in [1.54, 1.807) is 12.2 Å². The summed E-state index contributed by atoms with van der Waals surface area (Å²) in [5.74, 6) is -1.95. The highest BCUT2D eigenvalue weighted by Gasteiger charge is 2.64. The molecule has 4 atom stereocenters. The maximum Gasteiger partial charge on any atom is 0.407 e. The van der Waals surface area contributed by atoms with Crippen LogP contribution in [0.2, 0.25) is 0 Å². The Morgan fingerprint density at radius 2 is 2.05 bits per heavy atom. The third-order valence-corrected chi connectivity index (χ3v) is 4.59. The number of hydrogen-bond donors (Lipinski definition) is 0. The van der Waals surface area contributed by atoms with Gasteiger partial charge in [0.25, 0.3) is 0 Å². The number of rotatable bonds is 4. The second kappa shape index (κ2) is 5.53. The predicted octanol–water partition coefficient (Wildman–Crippen LogP) is 2.29. The normalized spacial score (nSPS) is 27.0. The van der Waals surface area contributed by atoms with Gasteiger partial charge >= 0.3 is 22.6 Å². The SMILES string of the molecule is COC(=O)C(C)(C(N=S(=O)=O)C1=CC2C=CC1C2)C(F)(F)F. The number of carbonyl (C=O) groups is 1. The lowest BCUT2D eigenvalue weighted by atomic mass is 9.75. The van der Waals surface area contributed by atoms with Crippen molar-refractivity contribution in [2.75, 3.05) is 7.11 Å². The zero-order chi connectivity index (χ0) is 16.7. The highest BCUT2D eigenvalue weighted by atomic mass is 32.2. The van der Waals surface area contributed by atoms with Gasteiger partial charge in [-0.2, -0.15) is 26.0 Å². The molecule has 22 heavy (non-hydrogen) atoms. The molecule has 0 aromatic heterocycles. The van der Waals surface area contributed by atoms with Gasteiger partial charge < -0.3 is 4.74 Å². The van der Waals surface area contributed by atoms with E-state index in [0.29, 0.717) is 13.3 Å². The van der Waals surface area contributed by atoms with Crippen LogP contribution in [0.4, 0.5) is 13.2 Å². The van der Waals surface area contributed by atoms with E-state index in [1.807, 2.05) is 6.08 Å². The maximum atomic E-state index is 13.5. The number of esters is 1. The van der Waals surface area contributed by atoms with Gasteiger partial charge in [0, 0.05) is 5.92 Å². The lowest BCUT2D eigenvalue weighted by molar-refractivity contribution is -0.231. The Morgan fingerprint density at radius 1 is 1.41 bits per heavy atom. The van der Waals surface area contributed by atoms with Gasteiger partial charge in [0.2, 0.25) is 0 Å². The average Bonchev–Trinajstić information content (AvgIpc) is 3.03. The molecule has 0 fully saturated rings. The molecule has 0 amide bonds. The van der Waals surface area contributed by atoms with Gasteiger partial charge in [0.15, 0.2) is 5.41 Å². The molecule has 2 aliphatic rings. The summed E-state index contributed by atoms with van der Waals surface area (Å²) in [5, 5.41) is 0. The topological polar surface area (TPSA) is 72.8 Å². The van der Waals surface area contributed by atoms with Crippen LogP contribution in [-0.2, 0) is 20.0 Å². The number of alkyl halides is 3. The Bertz CT molecular complexity index is 672. The summed E-state index contributed by atoms with van der Waals surface area (Å²) in [6, 6.07) is -1.86. The molecule has 0 radical (unpaired) electrons. The van der Waals surface area contributed by atoms with Crippen molar-refractivity contribution in [3.8, 4) is 0 Å². The summed E-state index contributed by atoms with van der Waals surface area (Å²) < 4.78 is 69.9. The molecule has 0 saturated carbocycles. The fourth-order valence-corrected chi connectivity index (χ4v) is 3.45. The molecule has 0 spiro atoms. The van der Waals surface area contributed by atoms with E-state index in [9.17, 15) is 26.4 Å². The first-order valence-corrected chi connectivity index (χ1v) is 7.49. The van der Waals surface area contributed by atoms with Crippen molar-refractivity contribution >= 4 is 16.5 Å². The average molecular weight is 337 g/mol. The van der Waals surface area contributed by atoms with Crippen molar-refractivity contribution in [3.63, 3.8) is 0 Å². The third-order valence-electron chi connectivity index (χ3n) is 4.20. The molecule has 2 bridgehead atoms. The minimum absolute atomic E-state index is 0.0482. The van der Waals surface area contributed by atoms with E-state index in [2.05, 4.69) is 9.10 Å². The number of nitrogens with zero attached hydrogens (tertiary/aromatic N) is 1. The first kappa shape index (κ1) is 16.7. The number of allylic oxidation sites excluding steroid dienone is 3. The Kier molecular flexibility index (Phi) is 4.20. The fourth-order valence-electron chi connectivity index (χ4n) is 2.94. The van der Waals surface area contributed by atoms with Gasteiger partial charge in [-0.05, 0) is 24.8 Å². The Labute approximate surface area is 126 Å². The van der Waals surface area contributed by atoms with Crippen molar-refractivity contribution in [2.24, 2.45) is 21.6 Å². The van der Waals surface area contributed by atoms with Crippen LogP contribution in [0, 0.1) is 17.3 Å². The van der Waals surface area contributed by atoms with Gasteiger partial charge in [-0.1, -0.05) is 18.2 Å². The smallest absolute Gasteiger partial charge is 0.407 e. The fraction of sp³-hybridized carbons (Fsp3) is 0.615. The molecule has 0 aromatic rings. The minimum Gasteiger partial charge on any atom is -0.468 e. The summed E-state index contributed by atoms with van der Waals surface area (Å²) in [7, 11) is -2.27. The molecule has 2 rings (SSSR count). The number of halogens is 3. The van der Waals surface area contributed by atoms with Gasteiger partial charge in [0.1, 0.15) is 6.04 Å². The van der Waals surface area contributed by atoms with E-state index in [1.165, 1.54) is 0 Å². The van der Waals surface area contributed by atoms with E-state index in [0.717, 1.165) is 7.11 Å². The largest absolute Gasteiger partial charge is 0.468 e. The number of methoxy groups -OCH3 is 1. The quantitative estimate of drug-likeness (QED) is 0.583. The minimum atomic E-state index is -5.01. The Morgan fingerprint density at radius 3 is 2.41 bits per heavy atom. The van der Waals surface area contributed by atoms with Crippen LogP contribution in [0.25, 0.3) is 0 Å². The molecule has 4 unspecified atom stereocenters. The van der Waals surface area contributed by atoms with Crippen LogP contribution in [0.3, 0.4) is 0 Å². The number of hydrogen-bond acceptors (Lipinski definition) is 5. The van der Waals surface area contributed by atoms with E-state index in [-0.39, 0.29) is 17.4 Å². The Balaban J connectivity index is 2.59. The molecule has 122 valence electrons. The van der Waals surface area contributed by atoms with E-state index < -0.39 is 34.1 Å². The van der Waals surface area contributed by atoms with Gasteiger partial charge in [-0.15, -0.1) is 0 Å². The number of carbonyl (C=O) groups excluding carboxylic acids is 1. The molecule has 0 aromatic carbocycles. The molecule has 2 aliphatic carbocycles.